The van der Waals surface area contributed by atoms with E-state index in [0.29, 0.717) is 6.16 Å². The lowest BCUT2D eigenvalue weighted by atomic mass is 10.1. The molecule has 0 aliphatic carbocycles. The molecule has 1 aliphatic rings. The Morgan fingerprint density at radius 2 is 2.00 bits per heavy atom. The van der Waals surface area contributed by atoms with Crippen LogP contribution in [0.4, 0.5) is 0 Å². The molecule has 0 spiro atoms. The number of amides is 1. The smallest absolute Gasteiger partial charge is 0.227 e. The lowest BCUT2D eigenvalue weighted by Gasteiger charge is -2.26. The van der Waals surface area contributed by atoms with Crippen LogP contribution < -0.4 is 0 Å². The summed E-state index contributed by atoms with van der Waals surface area (Å²) in [7, 11) is 0.243. The zero-order chi connectivity index (χ0) is 8.10. The first-order chi connectivity index (χ1) is 5.34. The minimum absolute atomic E-state index is 0.234. The van der Waals surface area contributed by atoms with E-state index in [1.807, 2.05) is 4.90 Å². The third-order valence-electron chi connectivity index (χ3n) is 1.93. The van der Waals surface area contributed by atoms with Crippen LogP contribution in [0.15, 0.2) is 0 Å². The number of hydrogen-bond donors (Lipinski definition) is 0. The standard InChI is InChI=1S/C7H13ClNOP/c8-11-6-7(10)9-4-2-1-3-5-9/h11H,1-6H2. The highest BCUT2D eigenvalue weighted by Crippen LogP contribution is 2.17. The predicted octanol–water partition coefficient (Wildman–Crippen LogP) is 1.83. The van der Waals surface area contributed by atoms with Crippen LogP contribution in [0.3, 0.4) is 0 Å². The maximum Gasteiger partial charge on any atom is 0.227 e. The summed E-state index contributed by atoms with van der Waals surface area (Å²) in [5, 5.41) is 0. The maximum absolute atomic E-state index is 11.2. The number of carbonyl (C=O) groups excluding carboxylic acids is 1. The molecule has 1 atom stereocenters. The number of rotatable bonds is 2. The van der Waals surface area contributed by atoms with E-state index in [-0.39, 0.29) is 13.8 Å². The second-order valence-corrected chi connectivity index (χ2v) is 4.17. The first-order valence-electron chi connectivity index (χ1n) is 3.96. The normalized spacial score (nSPS) is 19.5. The van der Waals surface area contributed by atoms with Crippen molar-refractivity contribution in [1.82, 2.24) is 4.90 Å². The monoisotopic (exact) mass is 193 g/mol. The van der Waals surface area contributed by atoms with E-state index < -0.39 is 0 Å². The summed E-state index contributed by atoms with van der Waals surface area (Å²) in [4.78, 5) is 13.2. The van der Waals surface area contributed by atoms with Crippen molar-refractivity contribution in [3.8, 4) is 0 Å². The summed E-state index contributed by atoms with van der Waals surface area (Å²) in [5.74, 6) is 0.234. The number of hydrogen-bond acceptors (Lipinski definition) is 1. The van der Waals surface area contributed by atoms with Gasteiger partial charge in [-0.15, -0.1) is 0 Å². The van der Waals surface area contributed by atoms with Crippen LogP contribution in [-0.2, 0) is 4.79 Å². The van der Waals surface area contributed by atoms with Crippen LogP contribution in [-0.4, -0.2) is 30.1 Å². The largest absolute Gasteiger partial charge is 0.342 e. The van der Waals surface area contributed by atoms with Gasteiger partial charge in [-0.25, -0.2) is 0 Å². The molecule has 0 saturated carbocycles. The summed E-state index contributed by atoms with van der Waals surface area (Å²) < 4.78 is 0. The van der Waals surface area contributed by atoms with Crippen LogP contribution in [0.25, 0.3) is 0 Å². The van der Waals surface area contributed by atoms with Crippen LogP contribution in [0.2, 0.25) is 0 Å². The van der Waals surface area contributed by atoms with Crippen molar-refractivity contribution in [1.29, 1.82) is 0 Å². The van der Waals surface area contributed by atoms with Crippen LogP contribution in [0.5, 0.6) is 0 Å². The molecule has 64 valence electrons. The Morgan fingerprint density at radius 1 is 1.36 bits per heavy atom. The van der Waals surface area contributed by atoms with Gasteiger partial charge in [-0.2, -0.15) is 0 Å². The molecule has 0 radical (unpaired) electrons. The summed E-state index contributed by atoms with van der Waals surface area (Å²) in [6.45, 7) is 1.89. The zero-order valence-corrected chi connectivity index (χ0v) is 8.23. The van der Waals surface area contributed by atoms with Crippen molar-refractivity contribution < 1.29 is 4.79 Å². The number of piperidine rings is 1. The van der Waals surface area contributed by atoms with Gasteiger partial charge in [0.2, 0.25) is 5.91 Å². The van der Waals surface area contributed by atoms with Crippen molar-refractivity contribution in [2.24, 2.45) is 0 Å². The van der Waals surface area contributed by atoms with Gasteiger partial charge in [-0.1, -0.05) is 11.2 Å². The molecule has 1 heterocycles. The van der Waals surface area contributed by atoms with E-state index in [4.69, 9.17) is 11.2 Å². The number of likely N-dealkylation sites (tertiary alicyclic amines) is 1. The van der Waals surface area contributed by atoms with Gasteiger partial charge in [0.25, 0.3) is 0 Å². The lowest BCUT2D eigenvalue weighted by Crippen LogP contribution is -2.36. The minimum atomic E-state index is 0.234. The molecule has 0 aromatic carbocycles. The molecule has 0 aromatic rings. The van der Waals surface area contributed by atoms with E-state index >= 15 is 0 Å². The quantitative estimate of drug-likeness (QED) is 0.613. The summed E-state index contributed by atoms with van der Waals surface area (Å²) >= 11 is 5.50. The van der Waals surface area contributed by atoms with Gasteiger partial charge in [0.15, 0.2) is 0 Å². The van der Waals surface area contributed by atoms with E-state index in [0.717, 1.165) is 25.9 Å². The number of nitrogens with zero attached hydrogens (tertiary/aromatic N) is 1. The third-order valence-corrected chi connectivity index (χ3v) is 2.76. The average molecular weight is 194 g/mol. The van der Waals surface area contributed by atoms with Crippen LogP contribution in [0, 0.1) is 0 Å². The number of halogens is 1. The Bertz CT molecular complexity index is 136. The predicted molar refractivity (Wildman–Crippen MR) is 49.5 cm³/mol. The Kier molecular flexibility index (Phi) is 4.17. The van der Waals surface area contributed by atoms with Crippen LogP contribution >= 0.6 is 19.2 Å². The third kappa shape index (κ3) is 2.96. The molecule has 1 fully saturated rings. The van der Waals surface area contributed by atoms with Gasteiger partial charge < -0.3 is 4.90 Å². The fourth-order valence-corrected chi connectivity index (χ4v) is 1.99. The van der Waals surface area contributed by atoms with Crippen molar-refractivity contribution in [2.45, 2.75) is 19.3 Å². The first kappa shape index (κ1) is 9.28. The molecule has 4 heteroatoms. The van der Waals surface area contributed by atoms with Gasteiger partial charge in [-0.3, -0.25) is 4.79 Å². The summed E-state index contributed by atoms with van der Waals surface area (Å²) in [6.07, 6.45) is 4.13. The highest BCUT2D eigenvalue weighted by Gasteiger charge is 2.14. The van der Waals surface area contributed by atoms with Crippen molar-refractivity contribution in [2.75, 3.05) is 19.3 Å². The highest BCUT2D eigenvalue weighted by atomic mass is 35.7. The fourth-order valence-electron chi connectivity index (χ4n) is 1.31. The highest BCUT2D eigenvalue weighted by molar-refractivity contribution is 7.69. The van der Waals surface area contributed by atoms with Gasteiger partial charge in [0.05, 0.1) is 6.16 Å². The first-order valence-corrected chi connectivity index (χ1v) is 6.18. The van der Waals surface area contributed by atoms with E-state index in [1.165, 1.54) is 6.42 Å². The van der Waals surface area contributed by atoms with Crippen molar-refractivity contribution in [3.63, 3.8) is 0 Å². The fraction of sp³-hybridized carbons (Fsp3) is 0.857. The molecular formula is C7H13ClNOP. The maximum atomic E-state index is 11.2. The summed E-state index contributed by atoms with van der Waals surface area (Å²) in [6, 6.07) is 0. The summed E-state index contributed by atoms with van der Waals surface area (Å²) in [5.41, 5.74) is 0. The van der Waals surface area contributed by atoms with Gasteiger partial charge >= 0.3 is 0 Å². The van der Waals surface area contributed by atoms with E-state index in [1.54, 1.807) is 0 Å². The van der Waals surface area contributed by atoms with Gasteiger partial charge in [-0.05, 0) is 27.2 Å². The second-order valence-electron chi connectivity index (χ2n) is 2.75. The van der Waals surface area contributed by atoms with Gasteiger partial charge in [0.1, 0.15) is 0 Å². The van der Waals surface area contributed by atoms with Gasteiger partial charge in [0, 0.05) is 13.1 Å². The molecule has 0 N–H and O–H groups in total. The number of carbonyl (C=O) groups is 1. The van der Waals surface area contributed by atoms with E-state index in [2.05, 4.69) is 0 Å². The molecule has 1 amide bonds. The molecule has 0 aromatic heterocycles. The molecule has 1 rings (SSSR count). The molecule has 0 bridgehead atoms. The second kappa shape index (κ2) is 4.95. The van der Waals surface area contributed by atoms with Crippen LogP contribution in [0.1, 0.15) is 19.3 Å². The Hall–Kier alpha value is 0.190. The van der Waals surface area contributed by atoms with E-state index in [9.17, 15) is 4.79 Å². The molecule has 11 heavy (non-hydrogen) atoms. The Balaban J connectivity index is 2.27. The Morgan fingerprint density at radius 3 is 2.55 bits per heavy atom. The topological polar surface area (TPSA) is 20.3 Å². The molecule has 1 unspecified atom stereocenters. The van der Waals surface area contributed by atoms with Crippen molar-refractivity contribution >= 4 is 25.1 Å². The zero-order valence-electron chi connectivity index (χ0n) is 6.48. The van der Waals surface area contributed by atoms with Crippen molar-refractivity contribution in [3.05, 3.63) is 0 Å². The average Bonchev–Trinajstić information content (AvgIpc) is 2.07. The molecular weight excluding hydrogens is 181 g/mol. The molecule has 1 saturated heterocycles. The molecule has 2 nitrogen and oxygen atoms in total. The lowest BCUT2D eigenvalue weighted by molar-refractivity contribution is -0.129. The SMILES string of the molecule is O=C(CPCl)N1CCCCC1. The molecule has 1 aliphatic heterocycles. The Labute approximate surface area is 73.9 Å². The minimum Gasteiger partial charge on any atom is -0.342 e.